The van der Waals surface area contributed by atoms with E-state index in [2.05, 4.69) is 0 Å². The van der Waals surface area contributed by atoms with Crippen LogP contribution in [-0.4, -0.2) is 34.0 Å². The minimum Gasteiger partial charge on any atom is -0.479 e. The molecule has 19 heavy (non-hydrogen) atoms. The Bertz CT molecular complexity index is 537. The Labute approximate surface area is 112 Å². The van der Waals surface area contributed by atoms with Crippen LogP contribution in [0.3, 0.4) is 0 Å². The minimum atomic E-state index is -0.952. The summed E-state index contributed by atoms with van der Waals surface area (Å²) in [6.45, 7) is 2.56. The first-order chi connectivity index (χ1) is 9.03. The summed E-state index contributed by atoms with van der Waals surface area (Å²) in [7, 11) is 0. The Morgan fingerprint density at radius 3 is 2.63 bits per heavy atom. The number of carbonyl (C=O) groups excluding carboxylic acids is 1. The fourth-order valence-corrected chi connectivity index (χ4v) is 3.38. The third-order valence-electron chi connectivity index (χ3n) is 4.50. The number of hydrogen-bond donors (Lipinski definition) is 1. The fraction of sp³-hybridized carbons (Fsp3) is 0.467. The number of carboxylic acids is 1. The highest BCUT2D eigenvalue weighted by molar-refractivity contribution is 5.91. The van der Waals surface area contributed by atoms with E-state index < -0.39 is 11.5 Å². The Morgan fingerprint density at radius 2 is 2.05 bits per heavy atom. The number of fused-ring (bicyclic) bond motifs is 1. The van der Waals surface area contributed by atoms with Gasteiger partial charge in [-0.1, -0.05) is 29.8 Å². The maximum atomic E-state index is 11.9. The van der Waals surface area contributed by atoms with Gasteiger partial charge in [0, 0.05) is 18.9 Å². The first-order valence-corrected chi connectivity index (χ1v) is 6.63. The second-order valence-electron chi connectivity index (χ2n) is 5.65. The lowest BCUT2D eigenvalue weighted by molar-refractivity contribution is -0.151. The fourth-order valence-electron chi connectivity index (χ4n) is 3.38. The molecule has 0 bridgehead atoms. The molecule has 100 valence electrons. The number of benzene rings is 1. The lowest BCUT2D eigenvalue weighted by Gasteiger charge is -2.26. The largest absolute Gasteiger partial charge is 0.479 e. The van der Waals surface area contributed by atoms with E-state index in [0.29, 0.717) is 25.8 Å². The van der Waals surface area contributed by atoms with Gasteiger partial charge < -0.3 is 10.0 Å². The van der Waals surface area contributed by atoms with Crippen molar-refractivity contribution in [2.75, 3.05) is 6.54 Å². The molecule has 3 rings (SSSR count). The van der Waals surface area contributed by atoms with Gasteiger partial charge in [-0.25, -0.2) is 4.79 Å². The Kier molecular flexibility index (Phi) is 2.62. The highest BCUT2D eigenvalue weighted by Gasteiger charge is 2.57. The third-order valence-corrected chi connectivity index (χ3v) is 4.50. The molecule has 4 nitrogen and oxygen atoms in total. The molecular formula is C15H17NO3. The van der Waals surface area contributed by atoms with Crippen LogP contribution in [0.15, 0.2) is 24.3 Å². The van der Waals surface area contributed by atoms with E-state index in [9.17, 15) is 14.7 Å². The quantitative estimate of drug-likeness (QED) is 0.883. The van der Waals surface area contributed by atoms with Crippen molar-refractivity contribution in [1.82, 2.24) is 4.90 Å². The maximum absolute atomic E-state index is 11.9. The van der Waals surface area contributed by atoms with Gasteiger partial charge in [-0.05, 0) is 25.3 Å². The molecule has 2 saturated heterocycles. The summed E-state index contributed by atoms with van der Waals surface area (Å²) in [4.78, 5) is 25.0. The predicted octanol–water partition coefficient (Wildman–Crippen LogP) is 1.93. The number of amides is 1. The lowest BCUT2D eigenvalue weighted by atomic mass is 9.86. The van der Waals surface area contributed by atoms with Crippen LogP contribution in [0.4, 0.5) is 0 Å². The zero-order chi connectivity index (χ0) is 13.6. The summed E-state index contributed by atoms with van der Waals surface area (Å²) < 4.78 is 0. The zero-order valence-corrected chi connectivity index (χ0v) is 10.9. The molecule has 0 aromatic heterocycles. The monoisotopic (exact) mass is 259 g/mol. The van der Waals surface area contributed by atoms with Crippen LogP contribution in [0.25, 0.3) is 0 Å². The first-order valence-electron chi connectivity index (χ1n) is 6.63. The molecule has 1 aromatic carbocycles. The molecule has 1 N–H and O–H groups in total. The maximum Gasteiger partial charge on any atom is 0.329 e. The summed E-state index contributed by atoms with van der Waals surface area (Å²) in [5.41, 5.74) is 1.37. The van der Waals surface area contributed by atoms with E-state index >= 15 is 0 Å². The molecule has 0 aliphatic carbocycles. The van der Waals surface area contributed by atoms with Gasteiger partial charge in [-0.15, -0.1) is 0 Å². The molecule has 2 aliphatic heterocycles. The van der Waals surface area contributed by atoms with E-state index in [1.54, 1.807) is 4.90 Å². The van der Waals surface area contributed by atoms with Crippen LogP contribution >= 0.6 is 0 Å². The van der Waals surface area contributed by atoms with E-state index in [4.69, 9.17) is 0 Å². The van der Waals surface area contributed by atoms with Crippen LogP contribution in [0.1, 0.15) is 36.3 Å². The van der Waals surface area contributed by atoms with Gasteiger partial charge in [0.2, 0.25) is 5.91 Å². The van der Waals surface area contributed by atoms with Gasteiger partial charge in [0.15, 0.2) is 0 Å². The molecule has 0 saturated carbocycles. The van der Waals surface area contributed by atoms with Crippen molar-refractivity contribution in [2.24, 2.45) is 0 Å². The zero-order valence-electron chi connectivity index (χ0n) is 10.9. The van der Waals surface area contributed by atoms with Crippen LogP contribution in [0, 0.1) is 6.92 Å². The normalized spacial score (nSPS) is 29.6. The number of rotatable bonds is 2. The van der Waals surface area contributed by atoms with Crippen molar-refractivity contribution >= 4 is 11.9 Å². The van der Waals surface area contributed by atoms with Crippen LogP contribution < -0.4 is 0 Å². The highest BCUT2D eigenvalue weighted by Crippen LogP contribution is 2.46. The molecule has 2 fully saturated rings. The summed E-state index contributed by atoms with van der Waals surface area (Å²) in [5, 5.41) is 9.51. The van der Waals surface area contributed by atoms with E-state index in [-0.39, 0.29) is 11.8 Å². The van der Waals surface area contributed by atoms with Crippen LogP contribution in [-0.2, 0) is 9.59 Å². The molecule has 0 spiro atoms. The standard InChI is InChI=1S/C15H17NO3/c1-10-2-4-11(5-3-10)12-8-15(14(18)19)7-6-13(17)16(15)9-12/h2-5,12H,6-9H2,1H3,(H,18,19). The number of aryl methyl sites for hydroxylation is 1. The van der Waals surface area contributed by atoms with Gasteiger partial charge >= 0.3 is 5.97 Å². The van der Waals surface area contributed by atoms with Crippen molar-refractivity contribution in [1.29, 1.82) is 0 Å². The average Bonchev–Trinajstić information content (AvgIpc) is 2.90. The number of carbonyl (C=O) groups is 2. The van der Waals surface area contributed by atoms with Crippen molar-refractivity contribution in [3.8, 4) is 0 Å². The van der Waals surface area contributed by atoms with Crippen molar-refractivity contribution in [3.05, 3.63) is 35.4 Å². The van der Waals surface area contributed by atoms with Gasteiger partial charge in [-0.2, -0.15) is 0 Å². The Hall–Kier alpha value is -1.84. The minimum absolute atomic E-state index is 0.0167. The molecule has 2 atom stereocenters. The molecule has 4 heteroatoms. The second-order valence-corrected chi connectivity index (χ2v) is 5.65. The van der Waals surface area contributed by atoms with Gasteiger partial charge in [0.25, 0.3) is 0 Å². The second kappa shape index (κ2) is 4.08. The SMILES string of the molecule is Cc1ccc(C2CN3C(=O)CCC3(C(=O)O)C2)cc1. The highest BCUT2D eigenvalue weighted by atomic mass is 16.4. The number of nitrogens with zero attached hydrogens (tertiary/aromatic N) is 1. The number of hydrogen-bond acceptors (Lipinski definition) is 2. The van der Waals surface area contributed by atoms with Gasteiger partial charge in [0.1, 0.15) is 5.54 Å². The molecule has 1 aromatic rings. The topological polar surface area (TPSA) is 57.6 Å². The summed E-state index contributed by atoms with van der Waals surface area (Å²) in [5.74, 6) is -0.731. The van der Waals surface area contributed by atoms with E-state index in [1.807, 2.05) is 31.2 Å². The molecule has 2 unspecified atom stereocenters. The summed E-state index contributed by atoms with van der Waals surface area (Å²) in [6.07, 6.45) is 1.35. The van der Waals surface area contributed by atoms with Crippen LogP contribution in [0.5, 0.6) is 0 Å². The third kappa shape index (κ3) is 1.74. The molecular weight excluding hydrogens is 242 g/mol. The van der Waals surface area contributed by atoms with E-state index in [0.717, 1.165) is 5.56 Å². The molecule has 0 radical (unpaired) electrons. The van der Waals surface area contributed by atoms with Gasteiger partial charge in [0.05, 0.1) is 0 Å². The molecule has 2 heterocycles. The van der Waals surface area contributed by atoms with Crippen molar-refractivity contribution < 1.29 is 14.7 Å². The predicted molar refractivity (Wildman–Crippen MR) is 69.9 cm³/mol. The smallest absolute Gasteiger partial charge is 0.329 e. The van der Waals surface area contributed by atoms with Crippen molar-refractivity contribution in [2.45, 2.75) is 37.6 Å². The lowest BCUT2D eigenvalue weighted by Crippen LogP contribution is -2.47. The number of carboxylic acid groups (broad SMARTS) is 1. The van der Waals surface area contributed by atoms with Crippen molar-refractivity contribution in [3.63, 3.8) is 0 Å². The molecule has 1 amide bonds. The van der Waals surface area contributed by atoms with Gasteiger partial charge in [-0.3, -0.25) is 4.79 Å². The summed E-state index contributed by atoms with van der Waals surface area (Å²) >= 11 is 0. The Balaban J connectivity index is 1.91. The van der Waals surface area contributed by atoms with Crippen LogP contribution in [0.2, 0.25) is 0 Å². The molecule has 2 aliphatic rings. The Morgan fingerprint density at radius 1 is 1.37 bits per heavy atom. The summed E-state index contributed by atoms with van der Waals surface area (Å²) in [6, 6.07) is 8.16. The first kappa shape index (κ1) is 12.2. The number of aliphatic carboxylic acids is 1. The average molecular weight is 259 g/mol. The van der Waals surface area contributed by atoms with E-state index in [1.165, 1.54) is 5.56 Å².